The first-order valence-electron chi connectivity index (χ1n) is 6.60. The molecule has 0 radical (unpaired) electrons. The molecule has 6 heteroatoms. The lowest BCUT2D eigenvalue weighted by molar-refractivity contribution is 0.538. The molecular formula is C14H16ClN3S2. The van der Waals surface area contributed by atoms with Gasteiger partial charge in [0.15, 0.2) is 0 Å². The van der Waals surface area contributed by atoms with E-state index in [4.69, 9.17) is 11.6 Å². The number of hydrogen-bond donors (Lipinski definition) is 1. The molecule has 1 unspecified atom stereocenters. The fraction of sp³-hybridized carbons (Fsp3) is 0.357. The molecule has 0 saturated heterocycles. The molecule has 0 fully saturated rings. The summed E-state index contributed by atoms with van der Waals surface area (Å²) in [5.41, 5.74) is 1.06. The smallest absolute Gasteiger partial charge is 0.0855 e. The summed E-state index contributed by atoms with van der Waals surface area (Å²) < 4.78 is 4.68. The fourth-order valence-corrected chi connectivity index (χ4v) is 4.87. The average molecular weight is 326 g/mol. The van der Waals surface area contributed by atoms with Gasteiger partial charge < -0.3 is 5.32 Å². The van der Waals surface area contributed by atoms with Gasteiger partial charge in [-0.15, -0.1) is 22.7 Å². The SMILES string of the molecule is CCCn1ncc(Cl)c1C(NC)c1cc2sccc2s1. The minimum atomic E-state index is 0.0983. The van der Waals surface area contributed by atoms with Crippen LogP contribution in [0.3, 0.4) is 0 Å². The molecule has 3 heterocycles. The van der Waals surface area contributed by atoms with Crippen molar-refractivity contribution in [3.05, 3.63) is 39.3 Å². The standard InChI is InChI=1S/C14H16ClN3S2/c1-3-5-18-14(9(15)8-17-18)13(16-2)12-7-11-10(20-12)4-6-19-11/h4,6-8,13,16H,3,5H2,1-2H3. The maximum Gasteiger partial charge on any atom is 0.0855 e. The molecule has 3 rings (SSSR count). The van der Waals surface area contributed by atoms with E-state index in [2.05, 4.69) is 34.9 Å². The third-order valence-electron chi connectivity index (χ3n) is 3.27. The van der Waals surface area contributed by atoms with Gasteiger partial charge in [-0.05, 0) is 31.0 Å². The molecule has 3 nitrogen and oxygen atoms in total. The zero-order valence-corrected chi connectivity index (χ0v) is 13.8. The van der Waals surface area contributed by atoms with Gasteiger partial charge in [0.2, 0.25) is 0 Å². The Kier molecular flexibility index (Phi) is 4.12. The van der Waals surface area contributed by atoms with Gasteiger partial charge in [0.1, 0.15) is 0 Å². The summed E-state index contributed by atoms with van der Waals surface area (Å²) >= 11 is 9.96. The van der Waals surface area contributed by atoms with Crippen LogP contribution in [0.4, 0.5) is 0 Å². The number of aromatic nitrogens is 2. The number of thiophene rings is 2. The summed E-state index contributed by atoms with van der Waals surface area (Å²) in [6.45, 7) is 3.04. The Morgan fingerprint density at radius 3 is 3.00 bits per heavy atom. The second-order valence-corrected chi connectivity index (χ2v) is 7.09. The maximum absolute atomic E-state index is 6.36. The summed E-state index contributed by atoms with van der Waals surface area (Å²) in [5, 5.41) is 10.6. The van der Waals surface area contributed by atoms with Crippen LogP contribution in [0.15, 0.2) is 23.7 Å². The van der Waals surface area contributed by atoms with Crippen molar-refractivity contribution in [2.75, 3.05) is 7.05 Å². The zero-order valence-electron chi connectivity index (χ0n) is 11.4. The lowest BCUT2D eigenvalue weighted by Crippen LogP contribution is -2.21. The number of hydrogen-bond acceptors (Lipinski definition) is 4. The van der Waals surface area contributed by atoms with E-state index >= 15 is 0 Å². The van der Waals surface area contributed by atoms with E-state index in [1.54, 1.807) is 17.5 Å². The van der Waals surface area contributed by atoms with Crippen LogP contribution in [0.5, 0.6) is 0 Å². The highest BCUT2D eigenvalue weighted by molar-refractivity contribution is 7.27. The van der Waals surface area contributed by atoms with E-state index in [9.17, 15) is 0 Å². The number of aryl methyl sites for hydroxylation is 1. The van der Waals surface area contributed by atoms with E-state index in [0.29, 0.717) is 0 Å². The largest absolute Gasteiger partial charge is 0.307 e. The van der Waals surface area contributed by atoms with Crippen molar-refractivity contribution < 1.29 is 0 Å². The Morgan fingerprint density at radius 2 is 2.30 bits per heavy atom. The molecule has 0 bridgehead atoms. The predicted octanol–water partition coefficient (Wildman–Crippen LogP) is 4.53. The first kappa shape index (κ1) is 14.1. The van der Waals surface area contributed by atoms with E-state index < -0.39 is 0 Å². The van der Waals surface area contributed by atoms with Crippen LogP contribution in [-0.4, -0.2) is 16.8 Å². The average Bonchev–Trinajstić information content (AvgIpc) is 3.09. The molecule has 0 amide bonds. The van der Waals surface area contributed by atoms with Gasteiger partial charge in [-0.25, -0.2) is 0 Å². The van der Waals surface area contributed by atoms with Crippen molar-refractivity contribution in [2.45, 2.75) is 25.9 Å². The van der Waals surface area contributed by atoms with Crippen molar-refractivity contribution in [1.82, 2.24) is 15.1 Å². The van der Waals surface area contributed by atoms with E-state index in [0.717, 1.165) is 23.7 Å². The minimum absolute atomic E-state index is 0.0983. The maximum atomic E-state index is 6.36. The summed E-state index contributed by atoms with van der Waals surface area (Å²) in [4.78, 5) is 1.29. The molecule has 3 aromatic rings. The molecule has 0 aliphatic heterocycles. The molecule has 3 aromatic heterocycles. The predicted molar refractivity (Wildman–Crippen MR) is 88.1 cm³/mol. The molecule has 106 valence electrons. The molecule has 0 saturated carbocycles. The Labute approximate surface area is 131 Å². The van der Waals surface area contributed by atoms with Crippen molar-refractivity contribution in [2.24, 2.45) is 0 Å². The normalized spacial score (nSPS) is 13.2. The van der Waals surface area contributed by atoms with E-state index in [-0.39, 0.29) is 6.04 Å². The van der Waals surface area contributed by atoms with Crippen LogP contribution in [0.25, 0.3) is 9.40 Å². The van der Waals surface area contributed by atoms with Crippen molar-refractivity contribution in [1.29, 1.82) is 0 Å². The highest BCUT2D eigenvalue weighted by Gasteiger charge is 2.22. The van der Waals surface area contributed by atoms with Crippen molar-refractivity contribution in [3.8, 4) is 0 Å². The van der Waals surface area contributed by atoms with Gasteiger partial charge in [0, 0.05) is 20.8 Å². The number of nitrogens with zero attached hydrogens (tertiary/aromatic N) is 2. The van der Waals surface area contributed by atoms with Gasteiger partial charge >= 0.3 is 0 Å². The Balaban J connectivity index is 2.05. The minimum Gasteiger partial charge on any atom is -0.307 e. The number of fused-ring (bicyclic) bond motifs is 1. The van der Waals surface area contributed by atoms with Gasteiger partial charge in [-0.3, -0.25) is 4.68 Å². The summed E-state index contributed by atoms with van der Waals surface area (Å²) in [6, 6.07) is 4.53. The fourth-order valence-electron chi connectivity index (χ4n) is 2.39. The Bertz CT molecular complexity index is 684. The van der Waals surface area contributed by atoms with Crippen LogP contribution < -0.4 is 5.32 Å². The summed E-state index contributed by atoms with van der Waals surface area (Å²) in [5.74, 6) is 0. The highest BCUT2D eigenvalue weighted by Crippen LogP contribution is 2.37. The number of rotatable bonds is 5. The van der Waals surface area contributed by atoms with E-state index in [1.807, 2.05) is 23.1 Å². The third kappa shape index (κ3) is 2.39. The van der Waals surface area contributed by atoms with Gasteiger partial charge in [-0.1, -0.05) is 18.5 Å². The molecule has 0 aliphatic carbocycles. The lowest BCUT2D eigenvalue weighted by atomic mass is 10.1. The number of halogens is 1. The Morgan fingerprint density at radius 1 is 1.45 bits per heavy atom. The first-order chi connectivity index (χ1) is 9.74. The molecule has 20 heavy (non-hydrogen) atoms. The first-order valence-corrected chi connectivity index (χ1v) is 8.67. The topological polar surface area (TPSA) is 29.9 Å². The van der Waals surface area contributed by atoms with Gasteiger partial charge in [-0.2, -0.15) is 5.10 Å². The van der Waals surface area contributed by atoms with E-state index in [1.165, 1.54) is 14.3 Å². The Hall–Kier alpha value is -0.880. The second kappa shape index (κ2) is 5.85. The lowest BCUT2D eigenvalue weighted by Gasteiger charge is -2.17. The molecule has 0 spiro atoms. The molecular weight excluding hydrogens is 310 g/mol. The van der Waals surface area contributed by atoms with Crippen LogP contribution in [-0.2, 0) is 6.54 Å². The van der Waals surface area contributed by atoms with Crippen LogP contribution in [0.2, 0.25) is 5.02 Å². The third-order valence-corrected chi connectivity index (χ3v) is 5.72. The van der Waals surface area contributed by atoms with Crippen LogP contribution >= 0.6 is 34.3 Å². The van der Waals surface area contributed by atoms with Crippen LogP contribution in [0.1, 0.15) is 30.0 Å². The molecule has 0 aromatic carbocycles. The quantitative estimate of drug-likeness (QED) is 0.746. The molecule has 0 aliphatic rings. The molecule has 1 N–H and O–H groups in total. The van der Waals surface area contributed by atoms with Crippen molar-refractivity contribution in [3.63, 3.8) is 0 Å². The monoisotopic (exact) mass is 325 g/mol. The highest BCUT2D eigenvalue weighted by atomic mass is 35.5. The second-order valence-electron chi connectivity index (χ2n) is 4.62. The summed E-state index contributed by atoms with van der Waals surface area (Å²) in [6.07, 6.45) is 2.79. The zero-order chi connectivity index (χ0) is 14.1. The number of nitrogens with one attached hydrogen (secondary N) is 1. The van der Waals surface area contributed by atoms with Crippen molar-refractivity contribution >= 4 is 43.7 Å². The summed E-state index contributed by atoms with van der Waals surface area (Å²) in [7, 11) is 1.97. The van der Waals surface area contributed by atoms with Gasteiger partial charge in [0.25, 0.3) is 0 Å². The van der Waals surface area contributed by atoms with Crippen LogP contribution in [0, 0.1) is 0 Å². The molecule has 1 atom stereocenters. The van der Waals surface area contributed by atoms with Gasteiger partial charge in [0.05, 0.1) is 23.0 Å².